The third kappa shape index (κ3) is 6.22. The van der Waals surface area contributed by atoms with Crippen LogP contribution in [0.5, 0.6) is 5.75 Å². The summed E-state index contributed by atoms with van der Waals surface area (Å²) in [6.07, 6.45) is -1.21. The number of fused-ring (bicyclic) bond motifs is 1. The third-order valence-electron chi connectivity index (χ3n) is 5.84. The molecular weight excluding hydrogens is 503 g/mol. The predicted octanol–water partition coefficient (Wildman–Crippen LogP) is 5.10. The average Bonchev–Trinajstić information content (AvgIpc) is 2.82. The highest BCUT2D eigenvalue weighted by molar-refractivity contribution is 6.33. The zero-order valence-electron chi connectivity index (χ0n) is 21.0. The van der Waals surface area contributed by atoms with E-state index in [1.165, 1.54) is 30.3 Å². The molecule has 2 aromatic carbocycles. The third-order valence-corrected chi connectivity index (χ3v) is 6.15. The van der Waals surface area contributed by atoms with Gasteiger partial charge in [-0.15, -0.1) is 0 Å². The molecule has 1 unspecified atom stereocenters. The quantitative estimate of drug-likeness (QED) is 0.436. The highest BCUT2D eigenvalue weighted by atomic mass is 35.5. The van der Waals surface area contributed by atoms with E-state index < -0.39 is 29.2 Å². The van der Waals surface area contributed by atoms with Crippen molar-refractivity contribution in [3.63, 3.8) is 0 Å². The lowest BCUT2D eigenvalue weighted by molar-refractivity contribution is -0.139. The molecule has 10 heteroatoms. The van der Waals surface area contributed by atoms with E-state index in [2.05, 4.69) is 0 Å². The Hall–Kier alpha value is -3.59. The van der Waals surface area contributed by atoms with Crippen molar-refractivity contribution in [2.75, 3.05) is 26.2 Å². The van der Waals surface area contributed by atoms with Gasteiger partial charge in [0.1, 0.15) is 22.8 Å². The van der Waals surface area contributed by atoms with Crippen LogP contribution in [0.25, 0.3) is 22.1 Å². The first kappa shape index (κ1) is 26.5. The summed E-state index contributed by atoms with van der Waals surface area (Å²) < 4.78 is 30.1. The Bertz CT molecular complexity index is 1390. The first-order chi connectivity index (χ1) is 17.4. The SMILES string of the molecule is CC(Oc1ccc2c(-c3ccc(F)cc3Cl)cc(=O)oc2c1)C(=O)N1CCN(C(=O)OC(C)(C)C)CC1. The lowest BCUT2D eigenvalue weighted by Gasteiger charge is -2.36. The monoisotopic (exact) mass is 530 g/mol. The minimum atomic E-state index is -0.813. The van der Waals surface area contributed by atoms with Crippen LogP contribution >= 0.6 is 11.6 Å². The summed E-state index contributed by atoms with van der Waals surface area (Å²) in [5.74, 6) is -0.370. The van der Waals surface area contributed by atoms with Crippen LogP contribution in [0.1, 0.15) is 27.7 Å². The number of carbonyl (C=O) groups is 2. The van der Waals surface area contributed by atoms with Gasteiger partial charge >= 0.3 is 11.7 Å². The fourth-order valence-electron chi connectivity index (χ4n) is 4.09. The molecule has 1 fully saturated rings. The Labute approximate surface area is 218 Å². The molecule has 1 aromatic heterocycles. The molecule has 0 saturated carbocycles. The molecule has 1 aliphatic rings. The van der Waals surface area contributed by atoms with Gasteiger partial charge in [0.25, 0.3) is 5.91 Å². The van der Waals surface area contributed by atoms with Crippen molar-refractivity contribution in [3.05, 3.63) is 63.7 Å². The minimum Gasteiger partial charge on any atom is -0.481 e. The van der Waals surface area contributed by atoms with Gasteiger partial charge in [0, 0.05) is 54.8 Å². The van der Waals surface area contributed by atoms with Crippen LogP contribution in [0, 0.1) is 5.82 Å². The summed E-state index contributed by atoms with van der Waals surface area (Å²) in [5, 5.41) is 0.746. The van der Waals surface area contributed by atoms with E-state index in [4.69, 9.17) is 25.5 Å². The Morgan fingerprint density at radius 1 is 1.00 bits per heavy atom. The first-order valence-corrected chi connectivity index (χ1v) is 12.3. The molecule has 8 nitrogen and oxygen atoms in total. The molecule has 1 saturated heterocycles. The van der Waals surface area contributed by atoms with Crippen molar-refractivity contribution in [2.24, 2.45) is 0 Å². The molecule has 0 radical (unpaired) electrons. The molecule has 0 aliphatic carbocycles. The minimum absolute atomic E-state index is 0.165. The maximum atomic E-state index is 13.5. The zero-order chi connectivity index (χ0) is 26.9. The Kier molecular flexibility index (Phi) is 7.45. The van der Waals surface area contributed by atoms with Crippen molar-refractivity contribution < 1.29 is 27.9 Å². The van der Waals surface area contributed by atoms with E-state index in [0.717, 1.165) is 0 Å². The molecular formula is C27H28ClFN2O6. The number of hydrogen-bond acceptors (Lipinski definition) is 6. The van der Waals surface area contributed by atoms with E-state index in [1.807, 2.05) is 0 Å². The molecule has 196 valence electrons. The van der Waals surface area contributed by atoms with Crippen LogP contribution in [0.15, 0.2) is 51.7 Å². The van der Waals surface area contributed by atoms with Crippen LogP contribution in [0.2, 0.25) is 5.02 Å². The molecule has 2 heterocycles. The van der Waals surface area contributed by atoms with Gasteiger partial charge < -0.3 is 23.7 Å². The van der Waals surface area contributed by atoms with Gasteiger partial charge in [-0.1, -0.05) is 11.6 Å². The summed E-state index contributed by atoms with van der Waals surface area (Å²) in [5.41, 5.74) is 0.0359. The van der Waals surface area contributed by atoms with Crippen LogP contribution in [0.4, 0.5) is 9.18 Å². The van der Waals surface area contributed by atoms with E-state index >= 15 is 0 Å². The molecule has 37 heavy (non-hydrogen) atoms. The van der Waals surface area contributed by atoms with Crippen molar-refractivity contribution in [1.82, 2.24) is 9.80 Å². The maximum absolute atomic E-state index is 13.5. The maximum Gasteiger partial charge on any atom is 0.410 e. The van der Waals surface area contributed by atoms with E-state index in [0.29, 0.717) is 48.4 Å². The van der Waals surface area contributed by atoms with Crippen LogP contribution in [-0.2, 0) is 9.53 Å². The van der Waals surface area contributed by atoms with E-state index in [-0.39, 0.29) is 16.5 Å². The number of carbonyl (C=O) groups excluding carboxylic acids is 2. The first-order valence-electron chi connectivity index (χ1n) is 11.9. The highest BCUT2D eigenvalue weighted by Gasteiger charge is 2.30. The fourth-order valence-corrected chi connectivity index (χ4v) is 4.36. The fraction of sp³-hybridized carbons (Fsp3) is 0.370. The molecule has 0 N–H and O–H groups in total. The Balaban J connectivity index is 1.46. The second-order valence-electron chi connectivity index (χ2n) is 9.81. The van der Waals surface area contributed by atoms with Crippen LogP contribution in [0.3, 0.4) is 0 Å². The van der Waals surface area contributed by atoms with Crippen molar-refractivity contribution in [2.45, 2.75) is 39.4 Å². The van der Waals surface area contributed by atoms with Crippen molar-refractivity contribution >= 4 is 34.6 Å². The molecule has 0 bridgehead atoms. The standard InChI is InChI=1S/C27H28ClFN2O6/c1-16(25(33)30-9-11-31(12-10-30)26(34)37-27(2,3)4)35-18-6-8-20-21(15-24(32)36-23(20)14-18)19-7-5-17(29)13-22(19)28/h5-8,13-16H,9-12H2,1-4H3. The number of hydrogen-bond donors (Lipinski definition) is 0. The number of rotatable bonds is 4. The summed E-state index contributed by atoms with van der Waals surface area (Å²) in [7, 11) is 0. The highest BCUT2D eigenvalue weighted by Crippen LogP contribution is 2.34. The van der Waals surface area contributed by atoms with Crippen LogP contribution < -0.4 is 10.4 Å². The van der Waals surface area contributed by atoms with Crippen molar-refractivity contribution in [3.8, 4) is 16.9 Å². The second-order valence-corrected chi connectivity index (χ2v) is 10.2. The van der Waals surface area contributed by atoms with Crippen molar-refractivity contribution in [1.29, 1.82) is 0 Å². The Morgan fingerprint density at radius 3 is 2.32 bits per heavy atom. The Morgan fingerprint density at radius 2 is 1.68 bits per heavy atom. The molecule has 1 atom stereocenters. The lowest BCUT2D eigenvalue weighted by atomic mass is 10.0. The second kappa shape index (κ2) is 10.4. The van der Waals surface area contributed by atoms with Crippen LogP contribution in [-0.4, -0.2) is 59.7 Å². The molecule has 2 amide bonds. The van der Waals surface area contributed by atoms with E-state index in [9.17, 15) is 18.8 Å². The number of nitrogens with zero attached hydrogens (tertiary/aromatic N) is 2. The van der Waals surface area contributed by atoms with Gasteiger partial charge in [-0.2, -0.15) is 0 Å². The summed E-state index contributed by atoms with van der Waals surface area (Å²) >= 11 is 6.21. The smallest absolute Gasteiger partial charge is 0.410 e. The molecule has 4 rings (SSSR count). The summed E-state index contributed by atoms with van der Waals surface area (Å²) in [6.45, 7) is 8.51. The summed E-state index contributed by atoms with van der Waals surface area (Å²) in [4.78, 5) is 40.7. The van der Waals surface area contributed by atoms with Gasteiger partial charge in [0.05, 0.1) is 5.02 Å². The zero-order valence-corrected chi connectivity index (χ0v) is 21.8. The predicted molar refractivity (Wildman–Crippen MR) is 137 cm³/mol. The number of amides is 2. The normalized spacial score (nSPS) is 15.0. The number of ether oxygens (including phenoxy) is 2. The largest absolute Gasteiger partial charge is 0.481 e. The lowest BCUT2D eigenvalue weighted by Crippen LogP contribution is -2.54. The van der Waals surface area contributed by atoms with E-state index in [1.54, 1.807) is 49.6 Å². The number of halogens is 2. The van der Waals surface area contributed by atoms with Gasteiger partial charge in [-0.25, -0.2) is 14.0 Å². The average molecular weight is 531 g/mol. The summed E-state index contributed by atoms with van der Waals surface area (Å²) in [6, 6.07) is 10.1. The van der Waals surface area contributed by atoms with Gasteiger partial charge in [-0.05, 0) is 58.0 Å². The van der Waals surface area contributed by atoms with Gasteiger partial charge in [0.15, 0.2) is 6.10 Å². The molecule has 3 aromatic rings. The number of benzene rings is 2. The van der Waals surface area contributed by atoms with Gasteiger partial charge in [0.2, 0.25) is 0 Å². The number of piperazine rings is 1. The van der Waals surface area contributed by atoms with Gasteiger partial charge in [-0.3, -0.25) is 4.79 Å². The topological polar surface area (TPSA) is 89.3 Å². The molecule has 0 spiro atoms. The molecule has 1 aliphatic heterocycles.